The molecule has 0 fully saturated rings. The summed E-state index contributed by atoms with van der Waals surface area (Å²) in [6.07, 6.45) is 7.77. The summed E-state index contributed by atoms with van der Waals surface area (Å²) in [6, 6.07) is 0. The number of hydrogen-bond acceptors (Lipinski definition) is 2. The average molecular weight is 269 g/mol. The Hall–Kier alpha value is -0.860. The summed E-state index contributed by atoms with van der Waals surface area (Å²) in [4.78, 5) is 24.4. The number of carbonyl (C=O) groups excluding carboxylic acids is 2. The molecule has 0 spiro atoms. The summed E-state index contributed by atoms with van der Waals surface area (Å²) in [6.45, 7) is 6.87. The van der Waals surface area contributed by atoms with Crippen molar-refractivity contribution in [2.24, 2.45) is 5.92 Å². The number of unbranched alkanes of at least 4 members (excludes halogenated alkanes) is 4. The molecule has 19 heavy (non-hydrogen) atoms. The number of amides is 1. The van der Waals surface area contributed by atoms with Crippen LogP contribution in [-0.4, -0.2) is 30.2 Å². The molecule has 112 valence electrons. The van der Waals surface area contributed by atoms with E-state index in [-0.39, 0.29) is 11.7 Å². The highest BCUT2D eigenvalue weighted by molar-refractivity contribution is 5.75. The Bertz CT molecular complexity index is 261. The lowest BCUT2D eigenvalue weighted by atomic mass is 10.1. The molecule has 0 saturated carbocycles. The summed E-state index contributed by atoms with van der Waals surface area (Å²) in [5.41, 5.74) is 0. The molecular formula is C16H31NO2. The van der Waals surface area contributed by atoms with Crippen LogP contribution in [0.2, 0.25) is 0 Å². The molecule has 0 heterocycles. The normalized spacial score (nSPS) is 10.8. The van der Waals surface area contributed by atoms with Gasteiger partial charge in [-0.3, -0.25) is 4.79 Å². The van der Waals surface area contributed by atoms with E-state index in [2.05, 4.69) is 13.8 Å². The van der Waals surface area contributed by atoms with Gasteiger partial charge < -0.3 is 9.69 Å². The lowest BCUT2D eigenvalue weighted by Crippen LogP contribution is -2.28. The van der Waals surface area contributed by atoms with E-state index in [1.165, 1.54) is 0 Å². The summed E-state index contributed by atoms with van der Waals surface area (Å²) in [5.74, 6) is 1.20. The minimum Gasteiger partial charge on any atom is -0.346 e. The molecule has 0 aliphatic rings. The lowest BCUT2D eigenvalue weighted by molar-refractivity contribution is -0.130. The highest BCUT2D eigenvalue weighted by Crippen LogP contribution is 2.09. The molecule has 0 aliphatic heterocycles. The highest BCUT2D eigenvalue weighted by Gasteiger charge is 2.08. The molecule has 0 aromatic heterocycles. The zero-order valence-electron chi connectivity index (χ0n) is 13.2. The Morgan fingerprint density at radius 2 is 1.47 bits per heavy atom. The number of rotatable bonds is 11. The third-order valence-electron chi connectivity index (χ3n) is 3.39. The highest BCUT2D eigenvalue weighted by atomic mass is 16.2. The third kappa shape index (κ3) is 11.9. The Kier molecular flexibility index (Phi) is 10.5. The molecule has 0 aliphatic carbocycles. The van der Waals surface area contributed by atoms with Gasteiger partial charge in [0.05, 0.1) is 0 Å². The summed E-state index contributed by atoms with van der Waals surface area (Å²) in [7, 11) is 1.90. The standard InChI is InChI=1S/C16H31NO2/c1-14(2)12-13-17(4)16(19)11-9-7-5-6-8-10-15(3)18/h14H,5-13H2,1-4H3. The molecule has 0 bridgehead atoms. The van der Waals surface area contributed by atoms with Gasteiger partial charge in [-0.25, -0.2) is 0 Å². The molecule has 1 amide bonds. The lowest BCUT2D eigenvalue weighted by Gasteiger charge is -2.18. The molecule has 3 heteroatoms. The largest absolute Gasteiger partial charge is 0.346 e. The molecule has 0 radical (unpaired) electrons. The second-order valence-corrected chi connectivity index (χ2v) is 5.97. The Labute approximate surface area is 118 Å². The van der Waals surface area contributed by atoms with Crippen LogP contribution in [0, 0.1) is 5.92 Å². The van der Waals surface area contributed by atoms with Gasteiger partial charge in [-0.1, -0.05) is 33.1 Å². The van der Waals surface area contributed by atoms with Crippen LogP contribution in [-0.2, 0) is 9.59 Å². The van der Waals surface area contributed by atoms with Crippen molar-refractivity contribution in [2.45, 2.75) is 72.1 Å². The van der Waals surface area contributed by atoms with E-state index in [1.807, 2.05) is 11.9 Å². The van der Waals surface area contributed by atoms with E-state index in [9.17, 15) is 9.59 Å². The SMILES string of the molecule is CC(=O)CCCCCCCC(=O)N(C)CCC(C)C. The van der Waals surface area contributed by atoms with Crippen molar-refractivity contribution in [3.8, 4) is 0 Å². The molecule has 0 unspecified atom stereocenters. The van der Waals surface area contributed by atoms with E-state index in [0.29, 0.717) is 18.8 Å². The summed E-state index contributed by atoms with van der Waals surface area (Å²) in [5, 5.41) is 0. The molecular weight excluding hydrogens is 238 g/mol. The summed E-state index contributed by atoms with van der Waals surface area (Å²) >= 11 is 0. The van der Waals surface area contributed by atoms with Crippen molar-refractivity contribution in [3.63, 3.8) is 0 Å². The van der Waals surface area contributed by atoms with Crippen LogP contribution < -0.4 is 0 Å². The van der Waals surface area contributed by atoms with Gasteiger partial charge in [-0.15, -0.1) is 0 Å². The van der Waals surface area contributed by atoms with Gasteiger partial charge in [0.2, 0.25) is 5.91 Å². The Morgan fingerprint density at radius 1 is 0.947 bits per heavy atom. The molecule has 0 aromatic carbocycles. The first-order valence-corrected chi connectivity index (χ1v) is 7.67. The average Bonchev–Trinajstić information content (AvgIpc) is 2.33. The molecule has 3 nitrogen and oxygen atoms in total. The molecule has 0 N–H and O–H groups in total. The first-order valence-electron chi connectivity index (χ1n) is 7.67. The predicted octanol–water partition coefficient (Wildman–Crippen LogP) is 3.81. The number of ketones is 1. The van der Waals surface area contributed by atoms with E-state index in [4.69, 9.17) is 0 Å². The fourth-order valence-electron chi connectivity index (χ4n) is 1.95. The first kappa shape index (κ1) is 18.1. The van der Waals surface area contributed by atoms with Crippen LogP contribution in [0.25, 0.3) is 0 Å². The van der Waals surface area contributed by atoms with Gasteiger partial charge in [0.1, 0.15) is 5.78 Å². The second kappa shape index (κ2) is 11.0. The van der Waals surface area contributed by atoms with E-state index in [1.54, 1.807) is 6.92 Å². The zero-order chi connectivity index (χ0) is 14.7. The van der Waals surface area contributed by atoms with Crippen molar-refractivity contribution >= 4 is 11.7 Å². The smallest absolute Gasteiger partial charge is 0.222 e. The van der Waals surface area contributed by atoms with E-state index in [0.717, 1.165) is 45.1 Å². The number of carbonyl (C=O) groups is 2. The van der Waals surface area contributed by atoms with Gasteiger partial charge in [-0.05, 0) is 32.1 Å². The van der Waals surface area contributed by atoms with Crippen molar-refractivity contribution in [1.82, 2.24) is 4.90 Å². The van der Waals surface area contributed by atoms with Gasteiger partial charge in [0.25, 0.3) is 0 Å². The summed E-state index contributed by atoms with van der Waals surface area (Å²) < 4.78 is 0. The predicted molar refractivity (Wildman–Crippen MR) is 80.1 cm³/mol. The van der Waals surface area contributed by atoms with E-state index < -0.39 is 0 Å². The van der Waals surface area contributed by atoms with Crippen LogP contribution in [0.15, 0.2) is 0 Å². The first-order chi connectivity index (χ1) is 8.93. The maximum atomic E-state index is 11.8. The van der Waals surface area contributed by atoms with Crippen LogP contribution in [0.1, 0.15) is 72.1 Å². The molecule has 0 aromatic rings. The zero-order valence-corrected chi connectivity index (χ0v) is 13.2. The van der Waals surface area contributed by atoms with E-state index >= 15 is 0 Å². The fraction of sp³-hybridized carbons (Fsp3) is 0.875. The van der Waals surface area contributed by atoms with Gasteiger partial charge in [0, 0.05) is 26.4 Å². The number of nitrogens with zero attached hydrogens (tertiary/aromatic N) is 1. The fourth-order valence-corrected chi connectivity index (χ4v) is 1.95. The molecule has 0 rings (SSSR count). The van der Waals surface area contributed by atoms with Crippen molar-refractivity contribution in [3.05, 3.63) is 0 Å². The van der Waals surface area contributed by atoms with Gasteiger partial charge >= 0.3 is 0 Å². The monoisotopic (exact) mass is 269 g/mol. The van der Waals surface area contributed by atoms with Crippen molar-refractivity contribution in [1.29, 1.82) is 0 Å². The third-order valence-corrected chi connectivity index (χ3v) is 3.39. The van der Waals surface area contributed by atoms with Crippen LogP contribution in [0.3, 0.4) is 0 Å². The van der Waals surface area contributed by atoms with Crippen molar-refractivity contribution < 1.29 is 9.59 Å². The van der Waals surface area contributed by atoms with Gasteiger partial charge in [-0.2, -0.15) is 0 Å². The Balaban J connectivity index is 3.44. The maximum absolute atomic E-state index is 11.8. The van der Waals surface area contributed by atoms with Crippen molar-refractivity contribution in [2.75, 3.05) is 13.6 Å². The quantitative estimate of drug-likeness (QED) is 0.535. The van der Waals surface area contributed by atoms with Crippen LogP contribution in [0.4, 0.5) is 0 Å². The topological polar surface area (TPSA) is 37.4 Å². The van der Waals surface area contributed by atoms with Crippen LogP contribution in [0.5, 0.6) is 0 Å². The maximum Gasteiger partial charge on any atom is 0.222 e. The minimum absolute atomic E-state index is 0.268. The van der Waals surface area contributed by atoms with Gasteiger partial charge in [0.15, 0.2) is 0 Å². The minimum atomic E-state index is 0.268. The number of Topliss-reactive ketones (excluding diaryl/α,β-unsaturated/α-hetero) is 1. The second-order valence-electron chi connectivity index (χ2n) is 5.97. The van der Waals surface area contributed by atoms with Crippen LogP contribution >= 0.6 is 0 Å². The molecule has 0 saturated heterocycles. The Morgan fingerprint density at radius 3 is 2.00 bits per heavy atom. The number of hydrogen-bond donors (Lipinski definition) is 0. The molecule has 0 atom stereocenters.